The van der Waals surface area contributed by atoms with Gasteiger partial charge in [0.1, 0.15) is 5.82 Å². The number of nitrogens with one attached hydrogen (secondary N) is 2. The number of hydrogen-bond acceptors (Lipinski definition) is 5. The minimum atomic E-state index is 0.454. The summed E-state index contributed by atoms with van der Waals surface area (Å²) < 4.78 is 6.18. The summed E-state index contributed by atoms with van der Waals surface area (Å²) in [5.41, 5.74) is 0.864. The molecule has 0 bridgehead atoms. The lowest BCUT2D eigenvalue weighted by atomic mass is 10.3. The summed E-state index contributed by atoms with van der Waals surface area (Å²) in [6.07, 6.45) is 4.48. The van der Waals surface area contributed by atoms with Crippen LogP contribution in [-0.4, -0.2) is 33.6 Å². The second-order valence-electron chi connectivity index (χ2n) is 3.95. The van der Waals surface area contributed by atoms with Crippen LogP contribution in [0, 0.1) is 3.57 Å². The molecule has 0 aliphatic carbocycles. The molecule has 0 aliphatic heterocycles. The van der Waals surface area contributed by atoms with Crippen molar-refractivity contribution in [3.63, 3.8) is 0 Å². The molecule has 2 heterocycles. The first-order valence-electron chi connectivity index (χ1n) is 6.05. The van der Waals surface area contributed by atoms with Gasteiger partial charge < -0.3 is 15.0 Å². The number of ether oxygens (including phenoxy) is 1. The SMILES string of the molecule is CCCNc1nc(-c2ncc[nH]2)nc(COC)c1I. The molecule has 2 rings (SSSR count). The molecular weight excluding hydrogens is 357 g/mol. The number of imidazole rings is 1. The first-order chi connectivity index (χ1) is 9.26. The van der Waals surface area contributed by atoms with Gasteiger partial charge in [-0.15, -0.1) is 0 Å². The molecule has 0 unspecified atom stereocenters. The number of aromatic amines is 1. The third-order valence-electron chi connectivity index (χ3n) is 2.45. The fourth-order valence-electron chi connectivity index (χ4n) is 1.58. The van der Waals surface area contributed by atoms with E-state index in [9.17, 15) is 0 Å². The quantitative estimate of drug-likeness (QED) is 0.761. The zero-order valence-corrected chi connectivity index (χ0v) is 13.1. The fourth-order valence-corrected chi connectivity index (χ4v) is 2.17. The highest BCUT2D eigenvalue weighted by Crippen LogP contribution is 2.23. The van der Waals surface area contributed by atoms with E-state index >= 15 is 0 Å². The highest BCUT2D eigenvalue weighted by atomic mass is 127. The Bertz CT molecular complexity index is 529. The van der Waals surface area contributed by atoms with Gasteiger partial charge in [0, 0.05) is 26.0 Å². The molecule has 0 aliphatic rings. The van der Waals surface area contributed by atoms with Crippen LogP contribution in [0.4, 0.5) is 5.82 Å². The van der Waals surface area contributed by atoms with E-state index in [2.05, 4.69) is 54.8 Å². The summed E-state index contributed by atoms with van der Waals surface area (Å²) in [6.45, 7) is 3.44. The normalized spacial score (nSPS) is 10.7. The van der Waals surface area contributed by atoms with Gasteiger partial charge in [-0.2, -0.15) is 0 Å². The van der Waals surface area contributed by atoms with E-state index in [1.807, 2.05) is 0 Å². The predicted octanol–water partition coefficient (Wildman–Crippen LogP) is 2.44. The van der Waals surface area contributed by atoms with Gasteiger partial charge in [0.2, 0.25) is 0 Å². The largest absolute Gasteiger partial charge is 0.378 e. The Morgan fingerprint density at radius 3 is 2.89 bits per heavy atom. The minimum Gasteiger partial charge on any atom is -0.378 e. The van der Waals surface area contributed by atoms with Crippen molar-refractivity contribution < 1.29 is 4.74 Å². The Morgan fingerprint density at radius 2 is 2.26 bits per heavy atom. The molecule has 0 saturated heterocycles. The van der Waals surface area contributed by atoms with Crippen LogP contribution in [0.5, 0.6) is 0 Å². The lowest BCUT2D eigenvalue weighted by Crippen LogP contribution is -2.10. The van der Waals surface area contributed by atoms with Crippen LogP contribution < -0.4 is 5.32 Å². The monoisotopic (exact) mass is 373 g/mol. The summed E-state index contributed by atoms with van der Waals surface area (Å²) >= 11 is 2.24. The van der Waals surface area contributed by atoms with Gasteiger partial charge in [-0.05, 0) is 29.0 Å². The van der Waals surface area contributed by atoms with Crippen molar-refractivity contribution in [2.24, 2.45) is 0 Å². The lowest BCUT2D eigenvalue weighted by Gasteiger charge is -2.11. The molecule has 0 radical (unpaired) electrons. The van der Waals surface area contributed by atoms with Crippen molar-refractivity contribution in [2.75, 3.05) is 19.0 Å². The smallest absolute Gasteiger partial charge is 0.198 e. The first-order valence-corrected chi connectivity index (χ1v) is 7.13. The Hall–Kier alpha value is -1.22. The van der Waals surface area contributed by atoms with Gasteiger partial charge in [0.05, 0.1) is 15.9 Å². The molecular formula is C12H16IN5O. The van der Waals surface area contributed by atoms with E-state index in [4.69, 9.17) is 4.74 Å². The molecule has 0 saturated carbocycles. The maximum Gasteiger partial charge on any atom is 0.198 e. The molecule has 0 atom stereocenters. The third-order valence-corrected chi connectivity index (χ3v) is 3.59. The molecule has 0 fully saturated rings. The number of methoxy groups -OCH3 is 1. The Morgan fingerprint density at radius 1 is 1.42 bits per heavy atom. The molecule has 0 amide bonds. The van der Waals surface area contributed by atoms with Crippen molar-refractivity contribution in [3.05, 3.63) is 21.7 Å². The van der Waals surface area contributed by atoms with E-state index in [0.717, 1.165) is 28.0 Å². The zero-order valence-electron chi connectivity index (χ0n) is 10.9. The molecule has 6 nitrogen and oxygen atoms in total. The van der Waals surface area contributed by atoms with E-state index in [1.54, 1.807) is 19.5 Å². The maximum absolute atomic E-state index is 5.19. The molecule has 7 heteroatoms. The lowest BCUT2D eigenvalue weighted by molar-refractivity contribution is 0.181. The second-order valence-corrected chi connectivity index (χ2v) is 5.03. The van der Waals surface area contributed by atoms with Gasteiger partial charge in [0.15, 0.2) is 11.6 Å². The number of anilines is 1. The van der Waals surface area contributed by atoms with Gasteiger partial charge >= 0.3 is 0 Å². The van der Waals surface area contributed by atoms with Crippen molar-refractivity contribution in [2.45, 2.75) is 20.0 Å². The molecule has 0 aromatic carbocycles. The first kappa shape index (κ1) is 14.2. The van der Waals surface area contributed by atoms with E-state index in [0.29, 0.717) is 18.3 Å². The molecule has 0 spiro atoms. The van der Waals surface area contributed by atoms with Crippen LogP contribution in [0.3, 0.4) is 0 Å². The fraction of sp³-hybridized carbons (Fsp3) is 0.417. The summed E-state index contributed by atoms with van der Waals surface area (Å²) in [5.74, 6) is 2.07. The Kier molecular flexibility index (Phi) is 5.08. The van der Waals surface area contributed by atoms with Crippen molar-refractivity contribution in [1.29, 1.82) is 0 Å². The number of rotatable bonds is 6. The standard InChI is InChI=1S/C12H16IN5O/c1-3-4-14-10-9(13)8(7-19-2)17-12(18-10)11-15-5-6-16-11/h5-6H,3-4,7H2,1-2H3,(H,15,16)(H,14,17,18). The maximum atomic E-state index is 5.19. The molecule has 19 heavy (non-hydrogen) atoms. The van der Waals surface area contributed by atoms with Gasteiger partial charge in [-0.3, -0.25) is 0 Å². The van der Waals surface area contributed by atoms with E-state index in [-0.39, 0.29) is 0 Å². The molecule has 2 N–H and O–H groups in total. The van der Waals surface area contributed by atoms with Crippen molar-refractivity contribution >= 4 is 28.4 Å². The van der Waals surface area contributed by atoms with Crippen LogP contribution in [0.2, 0.25) is 0 Å². The summed E-state index contributed by atoms with van der Waals surface area (Å²) in [5, 5.41) is 3.31. The Balaban J connectivity index is 2.41. The van der Waals surface area contributed by atoms with Gasteiger partial charge in [-0.1, -0.05) is 6.92 Å². The average molecular weight is 373 g/mol. The number of halogens is 1. The number of hydrogen-bond donors (Lipinski definition) is 2. The molecule has 2 aromatic rings. The highest BCUT2D eigenvalue weighted by Gasteiger charge is 2.14. The van der Waals surface area contributed by atoms with Crippen LogP contribution in [0.1, 0.15) is 19.0 Å². The zero-order chi connectivity index (χ0) is 13.7. The second kappa shape index (κ2) is 6.80. The summed E-state index contributed by atoms with van der Waals surface area (Å²) in [6, 6.07) is 0. The van der Waals surface area contributed by atoms with Crippen LogP contribution >= 0.6 is 22.6 Å². The summed E-state index contributed by atoms with van der Waals surface area (Å²) in [7, 11) is 1.66. The molecule has 2 aromatic heterocycles. The highest BCUT2D eigenvalue weighted by molar-refractivity contribution is 14.1. The molecule has 102 valence electrons. The minimum absolute atomic E-state index is 0.454. The predicted molar refractivity (Wildman–Crippen MR) is 81.8 cm³/mol. The third kappa shape index (κ3) is 3.41. The van der Waals surface area contributed by atoms with Crippen molar-refractivity contribution in [1.82, 2.24) is 19.9 Å². The van der Waals surface area contributed by atoms with Gasteiger partial charge in [-0.25, -0.2) is 15.0 Å². The van der Waals surface area contributed by atoms with Crippen LogP contribution in [0.25, 0.3) is 11.6 Å². The Labute approximate surface area is 125 Å². The van der Waals surface area contributed by atoms with Gasteiger partial charge in [0.25, 0.3) is 0 Å². The average Bonchev–Trinajstić information content (AvgIpc) is 2.94. The summed E-state index contributed by atoms with van der Waals surface area (Å²) in [4.78, 5) is 16.2. The van der Waals surface area contributed by atoms with Crippen LogP contribution in [-0.2, 0) is 11.3 Å². The van der Waals surface area contributed by atoms with E-state index in [1.165, 1.54) is 0 Å². The van der Waals surface area contributed by atoms with Crippen molar-refractivity contribution in [3.8, 4) is 11.6 Å². The number of aromatic nitrogens is 4. The van der Waals surface area contributed by atoms with Crippen LogP contribution in [0.15, 0.2) is 12.4 Å². The van der Waals surface area contributed by atoms with E-state index < -0.39 is 0 Å². The topological polar surface area (TPSA) is 75.7 Å². The number of H-pyrrole nitrogens is 1. The number of nitrogens with zero attached hydrogens (tertiary/aromatic N) is 3.